The highest BCUT2D eigenvalue weighted by Gasteiger charge is 2.38. The van der Waals surface area contributed by atoms with E-state index in [1.54, 1.807) is 13.4 Å². The highest BCUT2D eigenvalue weighted by molar-refractivity contribution is 5.03. The first-order valence-electron chi connectivity index (χ1n) is 6.52. The second-order valence-corrected chi connectivity index (χ2v) is 4.98. The van der Waals surface area contributed by atoms with Gasteiger partial charge >= 0.3 is 0 Å². The molecular weight excluding hydrogens is 216 g/mol. The van der Waals surface area contributed by atoms with Crippen LogP contribution in [0.3, 0.4) is 0 Å². The quantitative estimate of drug-likeness (QED) is 0.820. The molecule has 0 aliphatic heterocycles. The van der Waals surface area contributed by atoms with Gasteiger partial charge in [0.25, 0.3) is 0 Å². The molecule has 0 radical (unpaired) electrons. The second kappa shape index (κ2) is 5.69. The van der Waals surface area contributed by atoms with Crippen LogP contribution in [0.5, 0.6) is 0 Å². The summed E-state index contributed by atoms with van der Waals surface area (Å²) in [4.78, 5) is 0. The van der Waals surface area contributed by atoms with Gasteiger partial charge in [-0.2, -0.15) is 0 Å². The first kappa shape index (κ1) is 12.7. The van der Waals surface area contributed by atoms with Gasteiger partial charge in [0.15, 0.2) is 0 Å². The molecule has 0 spiro atoms. The van der Waals surface area contributed by atoms with E-state index in [-0.39, 0.29) is 5.60 Å². The molecule has 96 valence electrons. The van der Waals surface area contributed by atoms with Crippen molar-refractivity contribution in [2.45, 2.75) is 56.7 Å². The molecule has 1 atom stereocenters. The fraction of sp³-hybridized carbons (Fsp3) is 0.714. The maximum atomic E-state index is 10.4. The number of hydrogen-bond acceptors (Lipinski definition) is 3. The fourth-order valence-electron chi connectivity index (χ4n) is 2.81. The Morgan fingerprint density at radius 1 is 1.35 bits per heavy atom. The van der Waals surface area contributed by atoms with Crippen LogP contribution in [0.2, 0.25) is 0 Å². The maximum absolute atomic E-state index is 10.4. The molecule has 0 saturated heterocycles. The van der Waals surface area contributed by atoms with E-state index in [0.717, 1.165) is 31.4 Å². The highest BCUT2D eigenvalue weighted by atomic mass is 16.5. The molecule has 0 aromatic carbocycles. The Morgan fingerprint density at radius 3 is 2.59 bits per heavy atom. The molecule has 1 fully saturated rings. The van der Waals surface area contributed by atoms with E-state index in [1.165, 1.54) is 12.8 Å². The summed E-state index contributed by atoms with van der Waals surface area (Å²) < 4.78 is 11.0. The molecular formula is C14H22O3. The molecule has 1 aliphatic rings. The van der Waals surface area contributed by atoms with Gasteiger partial charge in [-0.1, -0.05) is 25.7 Å². The van der Waals surface area contributed by atoms with E-state index in [9.17, 15) is 5.11 Å². The van der Waals surface area contributed by atoms with Crippen molar-refractivity contribution in [2.24, 2.45) is 0 Å². The van der Waals surface area contributed by atoms with Gasteiger partial charge in [0.05, 0.1) is 18.0 Å². The number of hydrogen-bond donors (Lipinski definition) is 1. The Kier molecular flexibility index (Phi) is 4.24. The van der Waals surface area contributed by atoms with E-state index in [0.29, 0.717) is 6.42 Å². The predicted molar refractivity (Wildman–Crippen MR) is 65.9 cm³/mol. The average Bonchev–Trinajstić information content (AvgIpc) is 2.72. The summed E-state index contributed by atoms with van der Waals surface area (Å²) in [5.41, 5.74) is -0.372. The molecule has 3 heteroatoms. The van der Waals surface area contributed by atoms with E-state index >= 15 is 0 Å². The van der Waals surface area contributed by atoms with Crippen LogP contribution in [0.1, 0.15) is 44.3 Å². The number of methoxy groups -OCH3 is 1. The van der Waals surface area contributed by atoms with E-state index in [4.69, 9.17) is 9.15 Å². The first-order chi connectivity index (χ1) is 8.27. The predicted octanol–water partition coefficient (Wildman–Crippen LogP) is 2.92. The third-order valence-corrected chi connectivity index (χ3v) is 3.94. The summed E-state index contributed by atoms with van der Waals surface area (Å²) in [6.07, 6.45) is 8.40. The lowest BCUT2D eigenvalue weighted by Crippen LogP contribution is -2.45. The minimum atomic E-state index is -0.475. The van der Waals surface area contributed by atoms with Crippen molar-refractivity contribution in [3.63, 3.8) is 0 Å². The van der Waals surface area contributed by atoms with Gasteiger partial charge in [-0.3, -0.25) is 0 Å². The molecule has 1 heterocycles. The molecule has 1 saturated carbocycles. The zero-order valence-corrected chi connectivity index (χ0v) is 10.5. The van der Waals surface area contributed by atoms with Crippen LogP contribution in [0, 0.1) is 0 Å². The minimum absolute atomic E-state index is 0.372. The summed E-state index contributed by atoms with van der Waals surface area (Å²) in [7, 11) is 1.72. The Labute approximate surface area is 103 Å². The first-order valence-corrected chi connectivity index (χ1v) is 6.52. The summed E-state index contributed by atoms with van der Waals surface area (Å²) >= 11 is 0. The molecule has 0 bridgehead atoms. The van der Waals surface area contributed by atoms with Crippen LogP contribution >= 0.6 is 0 Å². The zero-order chi connectivity index (χ0) is 12.1. The topological polar surface area (TPSA) is 42.6 Å². The lowest BCUT2D eigenvalue weighted by atomic mass is 9.86. The van der Waals surface area contributed by atoms with Crippen LogP contribution in [0.4, 0.5) is 0 Å². The Morgan fingerprint density at radius 2 is 2.06 bits per heavy atom. The summed E-state index contributed by atoms with van der Waals surface area (Å²) in [6.45, 7) is 0. The van der Waals surface area contributed by atoms with Gasteiger partial charge in [0.1, 0.15) is 5.76 Å². The van der Waals surface area contributed by atoms with Crippen LogP contribution in [0.15, 0.2) is 22.8 Å². The molecule has 1 aliphatic carbocycles. The smallest absolute Gasteiger partial charge is 0.106 e. The van der Waals surface area contributed by atoms with Crippen LogP contribution < -0.4 is 0 Å². The standard InChI is InChI=1S/C14H22O3/c1-16-14(8-4-2-3-5-9-14)13(15)11-12-7-6-10-17-12/h6-7,10,13,15H,2-5,8-9,11H2,1H3. The van der Waals surface area contributed by atoms with Crippen molar-refractivity contribution in [1.29, 1.82) is 0 Å². The van der Waals surface area contributed by atoms with Crippen molar-refractivity contribution in [3.05, 3.63) is 24.2 Å². The number of rotatable bonds is 4. The van der Waals surface area contributed by atoms with Crippen molar-refractivity contribution >= 4 is 0 Å². The van der Waals surface area contributed by atoms with Crippen molar-refractivity contribution in [1.82, 2.24) is 0 Å². The van der Waals surface area contributed by atoms with Gasteiger partial charge in [0.2, 0.25) is 0 Å². The lowest BCUT2D eigenvalue weighted by Gasteiger charge is -2.35. The summed E-state index contributed by atoms with van der Waals surface area (Å²) in [5, 5.41) is 10.4. The van der Waals surface area contributed by atoms with Crippen LogP contribution in [0.25, 0.3) is 0 Å². The summed E-state index contributed by atoms with van der Waals surface area (Å²) in [5.74, 6) is 0.832. The number of aliphatic hydroxyl groups excluding tert-OH is 1. The monoisotopic (exact) mass is 238 g/mol. The fourth-order valence-corrected chi connectivity index (χ4v) is 2.81. The van der Waals surface area contributed by atoms with Crippen LogP contribution in [-0.2, 0) is 11.2 Å². The number of ether oxygens (including phenoxy) is 1. The van der Waals surface area contributed by atoms with E-state index < -0.39 is 6.10 Å². The average molecular weight is 238 g/mol. The van der Waals surface area contributed by atoms with Gasteiger partial charge in [-0.05, 0) is 25.0 Å². The molecule has 2 rings (SSSR count). The number of aliphatic hydroxyl groups is 1. The second-order valence-electron chi connectivity index (χ2n) is 4.98. The van der Waals surface area contributed by atoms with Crippen molar-refractivity contribution in [2.75, 3.05) is 7.11 Å². The minimum Gasteiger partial charge on any atom is -0.469 e. The largest absolute Gasteiger partial charge is 0.469 e. The SMILES string of the molecule is COC1(C(O)Cc2ccco2)CCCCCC1. The highest BCUT2D eigenvalue weighted by Crippen LogP contribution is 2.34. The third kappa shape index (κ3) is 2.90. The molecule has 1 aromatic rings. The molecule has 0 amide bonds. The lowest BCUT2D eigenvalue weighted by molar-refractivity contribution is -0.112. The van der Waals surface area contributed by atoms with E-state index in [2.05, 4.69) is 0 Å². The van der Waals surface area contributed by atoms with E-state index in [1.807, 2.05) is 12.1 Å². The normalized spacial score (nSPS) is 22.0. The van der Waals surface area contributed by atoms with Gasteiger partial charge < -0.3 is 14.3 Å². The molecule has 1 aromatic heterocycles. The van der Waals surface area contributed by atoms with Gasteiger partial charge in [-0.15, -0.1) is 0 Å². The molecule has 1 N–H and O–H groups in total. The zero-order valence-electron chi connectivity index (χ0n) is 10.5. The van der Waals surface area contributed by atoms with Gasteiger partial charge in [0, 0.05) is 13.5 Å². The molecule has 17 heavy (non-hydrogen) atoms. The maximum Gasteiger partial charge on any atom is 0.106 e. The summed E-state index contributed by atoms with van der Waals surface area (Å²) in [6, 6.07) is 3.76. The van der Waals surface area contributed by atoms with Crippen LogP contribution in [-0.4, -0.2) is 23.9 Å². The molecule has 3 nitrogen and oxygen atoms in total. The number of furan rings is 1. The Balaban J connectivity index is 2.04. The van der Waals surface area contributed by atoms with Crippen molar-refractivity contribution in [3.8, 4) is 0 Å². The third-order valence-electron chi connectivity index (χ3n) is 3.94. The van der Waals surface area contributed by atoms with Gasteiger partial charge in [-0.25, -0.2) is 0 Å². The Bertz CT molecular complexity index is 310. The Hall–Kier alpha value is -0.800. The van der Waals surface area contributed by atoms with Crippen molar-refractivity contribution < 1.29 is 14.3 Å². The molecule has 1 unspecified atom stereocenters.